The van der Waals surface area contributed by atoms with Gasteiger partial charge in [0, 0.05) is 38.3 Å². The number of halogens is 1. The second-order valence-corrected chi connectivity index (χ2v) is 9.63. The third-order valence-electron chi connectivity index (χ3n) is 5.18. The highest BCUT2D eigenvalue weighted by atomic mass is 35.5. The zero-order chi connectivity index (χ0) is 18.7. The first-order chi connectivity index (χ1) is 12.4. The number of benzene rings is 1. The Bertz CT molecular complexity index is 738. The lowest BCUT2D eigenvalue weighted by Crippen LogP contribution is -2.42. The number of nitrogens with one attached hydrogen (secondary N) is 1. The number of amides is 1. The first kappa shape index (κ1) is 22.1. The van der Waals surface area contributed by atoms with Gasteiger partial charge in [0.15, 0.2) is 0 Å². The zero-order valence-corrected chi connectivity index (χ0v) is 17.7. The Morgan fingerprint density at radius 3 is 2.52 bits per heavy atom. The Kier molecular flexibility index (Phi) is 7.68. The van der Waals surface area contributed by atoms with Gasteiger partial charge in [-0.2, -0.15) is 4.31 Å². The van der Waals surface area contributed by atoms with E-state index in [9.17, 15) is 13.2 Å². The van der Waals surface area contributed by atoms with Crippen LogP contribution in [0.3, 0.4) is 0 Å². The van der Waals surface area contributed by atoms with Crippen LogP contribution in [0.25, 0.3) is 0 Å². The van der Waals surface area contributed by atoms with Crippen molar-refractivity contribution < 1.29 is 13.2 Å². The number of rotatable bonds is 3. The molecular formula is C19H30ClN3O3S. The summed E-state index contributed by atoms with van der Waals surface area (Å²) >= 11 is 0. The summed E-state index contributed by atoms with van der Waals surface area (Å²) in [6, 6.07) is 6.52. The minimum absolute atomic E-state index is 0. The topological polar surface area (TPSA) is 69.7 Å². The zero-order valence-electron chi connectivity index (χ0n) is 16.1. The molecule has 0 spiro atoms. The number of carbonyl (C=O) groups excluding carboxylic acids is 1. The highest BCUT2D eigenvalue weighted by Gasteiger charge is 2.32. The molecule has 2 fully saturated rings. The second-order valence-electron chi connectivity index (χ2n) is 7.69. The standard InChI is InChI=1S/C19H29N3O3S.ClH/c1-15-11-16(2)14-22(13-15)26(24,25)18-6-3-5-17(12-18)19(23)21-9-4-7-20-8-10-21;/h3,5-6,12,15-16,20H,4,7-11,13-14H2,1-2H3;1H. The fourth-order valence-electron chi connectivity index (χ4n) is 3.97. The average molecular weight is 416 g/mol. The first-order valence-corrected chi connectivity index (χ1v) is 10.9. The van der Waals surface area contributed by atoms with Gasteiger partial charge >= 0.3 is 0 Å². The first-order valence-electron chi connectivity index (χ1n) is 9.48. The van der Waals surface area contributed by atoms with E-state index in [4.69, 9.17) is 0 Å². The molecule has 0 saturated carbocycles. The molecule has 2 aliphatic heterocycles. The van der Waals surface area contributed by atoms with Crippen molar-refractivity contribution in [3.8, 4) is 0 Å². The lowest BCUT2D eigenvalue weighted by atomic mass is 9.94. The Balaban J connectivity index is 0.00000261. The highest BCUT2D eigenvalue weighted by Crippen LogP contribution is 2.27. The van der Waals surface area contributed by atoms with Crippen molar-refractivity contribution in [1.29, 1.82) is 0 Å². The summed E-state index contributed by atoms with van der Waals surface area (Å²) in [5, 5.41) is 3.27. The summed E-state index contributed by atoms with van der Waals surface area (Å²) in [5.41, 5.74) is 0.450. The van der Waals surface area contributed by atoms with E-state index in [0.717, 1.165) is 25.9 Å². The molecule has 6 nitrogen and oxygen atoms in total. The molecule has 27 heavy (non-hydrogen) atoms. The third kappa shape index (κ3) is 5.22. The molecule has 3 rings (SSSR count). The van der Waals surface area contributed by atoms with E-state index < -0.39 is 10.0 Å². The minimum atomic E-state index is -3.57. The average Bonchev–Trinajstić information content (AvgIpc) is 2.90. The van der Waals surface area contributed by atoms with Gasteiger partial charge in [0.2, 0.25) is 10.0 Å². The number of hydrogen-bond donors (Lipinski definition) is 1. The van der Waals surface area contributed by atoms with Gasteiger partial charge in [-0.25, -0.2) is 8.42 Å². The largest absolute Gasteiger partial charge is 0.337 e. The predicted octanol–water partition coefficient (Wildman–Crippen LogP) is 2.21. The van der Waals surface area contributed by atoms with Crippen LogP contribution in [-0.2, 0) is 10.0 Å². The fraction of sp³-hybridized carbons (Fsp3) is 0.632. The van der Waals surface area contributed by atoms with Gasteiger partial charge < -0.3 is 10.2 Å². The molecular weight excluding hydrogens is 386 g/mol. The van der Waals surface area contributed by atoms with Gasteiger partial charge in [-0.1, -0.05) is 19.9 Å². The van der Waals surface area contributed by atoms with E-state index in [1.54, 1.807) is 33.5 Å². The fourth-order valence-corrected chi connectivity index (χ4v) is 5.70. The molecule has 0 bridgehead atoms. The summed E-state index contributed by atoms with van der Waals surface area (Å²) in [6.45, 7) is 8.29. The van der Waals surface area contributed by atoms with Gasteiger partial charge in [0.25, 0.3) is 5.91 Å². The molecule has 1 amide bonds. The summed E-state index contributed by atoms with van der Waals surface area (Å²) in [5.74, 6) is 0.608. The maximum Gasteiger partial charge on any atom is 0.253 e. The Labute approximate surface area is 168 Å². The van der Waals surface area contributed by atoms with Gasteiger partial charge in [0.1, 0.15) is 0 Å². The molecule has 2 saturated heterocycles. The van der Waals surface area contributed by atoms with Crippen molar-refractivity contribution in [2.24, 2.45) is 11.8 Å². The molecule has 2 atom stereocenters. The smallest absolute Gasteiger partial charge is 0.253 e. The summed E-state index contributed by atoms with van der Waals surface area (Å²) in [7, 11) is -3.57. The maximum atomic E-state index is 13.1. The van der Waals surface area contributed by atoms with Crippen LogP contribution in [0.2, 0.25) is 0 Å². The lowest BCUT2D eigenvalue weighted by Gasteiger charge is -2.34. The predicted molar refractivity (Wildman–Crippen MR) is 109 cm³/mol. The summed E-state index contributed by atoms with van der Waals surface area (Å²) in [4.78, 5) is 14.8. The van der Waals surface area contributed by atoms with Gasteiger partial charge in [-0.3, -0.25) is 4.79 Å². The molecule has 2 aliphatic rings. The minimum Gasteiger partial charge on any atom is -0.337 e. The van der Waals surface area contributed by atoms with Crippen LogP contribution in [0.4, 0.5) is 0 Å². The Morgan fingerprint density at radius 2 is 1.81 bits per heavy atom. The van der Waals surface area contributed by atoms with Crippen molar-refractivity contribution in [2.75, 3.05) is 39.3 Å². The van der Waals surface area contributed by atoms with Gasteiger partial charge in [-0.15, -0.1) is 12.4 Å². The monoisotopic (exact) mass is 415 g/mol. The van der Waals surface area contributed by atoms with E-state index in [0.29, 0.717) is 43.6 Å². The van der Waals surface area contributed by atoms with Crippen molar-refractivity contribution >= 4 is 28.3 Å². The molecule has 152 valence electrons. The number of piperidine rings is 1. The second kappa shape index (κ2) is 9.37. The van der Waals surface area contributed by atoms with Crippen LogP contribution in [0.5, 0.6) is 0 Å². The normalized spacial score (nSPS) is 24.7. The molecule has 0 aromatic heterocycles. The number of sulfonamides is 1. The van der Waals surface area contributed by atoms with Crippen molar-refractivity contribution in [3.63, 3.8) is 0 Å². The lowest BCUT2D eigenvalue weighted by molar-refractivity contribution is 0.0766. The van der Waals surface area contributed by atoms with E-state index in [-0.39, 0.29) is 23.2 Å². The number of carbonyl (C=O) groups is 1. The Morgan fingerprint density at radius 1 is 1.11 bits per heavy atom. The van der Waals surface area contributed by atoms with Crippen LogP contribution in [-0.4, -0.2) is 62.8 Å². The molecule has 1 aromatic rings. The summed E-state index contributed by atoms with van der Waals surface area (Å²) < 4.78 is 27.7. The Hall–Kier alpha value is -1.15. The molecule has 1 N–H and O–H groups in total. The molecule has 0 aliphatic carbocycles. The molecule has 8 heteroatoms. The van der Waals surface area contributed by atoms with Crippen LogP contribution in [0.1, 0.15) is 37.0 Å². The van der Waals surface area contributed by atoms with Gasteiger partial charge in [0.05, 0.1) is 4.90 Å². The molecule has 2 unspecified atom stereocenters. The number of hydrogen-bond acceptors (Lipinski definition) is 4. The van der Waals surface area contributed by atoms with Crippen LogP contribution < -0.4 is 5.32 Å². The van der Waals surface area contributed by atoms with Crippen LogP contribution >= 0.6 is 12.4 Å². The van der Waals surface area contributed by atoms with E-state index in [1.807, 2.05) is 0 Å². The molecule has 0 radical (unpaired) electrons. The molecule has 1 aromatic carbocycles. The van der Waals surface area contributed by atoms with Gasteiger partial charge in [-0.05, 0) is 49.4 Å². The van der Waals surface area contributed by atoms with E-state index in [2.05, 4.69) is 19.2 Å². The molecule has 2 heterocycles. The van der Waals surface area contributed by atoms with E-state index >= 15 is 0 Å². The van der Waals surface area contributed by atoms with Crippen LogP contribution in [0, 0.1) is 11.8 Å². The highest BCUT2D eigenvalue weighted by molar-refractivity contribution is 7.89. The number of nitrogens with zero attached hydrogens (tertiary/aromatic N) is 2. The van der Waals surface area contributed by atoms with E-state index in [1.165, 1.54) is 0 Å². The van der Waals surface area contributed by atoms with Crippen molar-refractivity contribution in [2.45, 2.75) is 31.6 Å². The SMILES string of the molecule is CC1CC(C)CN(S(=O)(=O)c2cccc(C(=O)N3CCCNCC3)c2)C1.Cl. The van der Waals surface area contributed by atoms with Crippen molar-refractivity contribution in [3.05, 3.63) is 29.8 Å². The maximum absolute atomic E-state index is 13.1. The third-order valence-corrected chi connectivity index (χ3v) is 7.01. The van der Waals surface area contributed by atoms with Crippen molar-refractivity contribution in [1.82, 2.24) is 14.5 Å². The summed E-state index contributed by atoms with van der Waals surface area (Å²) in [6.07, 6.45) is 1.96. The van der Waals surface area contributed by atoms with Crippen LogP contribution in [0.15, 0.2) is 29.2 Å². The quantitative estimate of drug-likeness (QED) is 0.821.